The minimum Gasteiger partial charge on any atom is -0.480 e. The normalized spacial score (nSPS) is 25.2. The monoisotopic (exact) mass is 561 g/mol. The standard InChI is InChI=1S/C27H27N7O7/c1-2-28-26(38)33-22-17-23(30-12-29-22)34(13-31-17)24-21-20(39-14-40-21)19(41-24)18(35)16-9-11-32-27(16,25(36)37)10-8-15-6-4-3-5-7-15/h3-8,10,12-13,16,19-20,32H,2,9,11,14H2,1H3,(H,36,37)(H2,28,29,30,33,38)/t16?,19-,20+,27?/m0/s1. The lowest BCUT2D eigenvalue weighted by Crippen LogP contribution is -2.55. The van der Waals surface area contributed by atoms with Gasteiger partial charge in [0.15, 0.2) is 47.5 Å². The highest BCUT2D eigenvalue weighted by Crippen LogP contribution is 2.41. The number of aliphatic carboxylic acids is 1. The number of hydrogen-bond acceptors (Lipinski definition) is 10. The van der Waals surface area contributed by atoms with E-state index in [1.807, 2.05) is 30.3 Å². The van der Waals surface area contributed by atoms with E-state index < -0.39 is 41.4 Å². The molecule has 0 spiro atoms. The molecule has 5 heterocycles. The minimum absolute atomic E-state index is 0.108. The fourth-order valence-electron chi connectivity index (χ4n) is 5.35. The SMILES string of the molecule is CCNC(=O)Nc1ncnc2c1ncn2C1=C2OCO[C@@H]2[C@H](C(=O)C2CCNC2(C=Cc2ccccc2)C(=O)O)O1. The Balaban J connectivity index is 1.30. The molecule has 14 heteroatoms. The molecule has 3 aliphatic rings. The van der Waals surface area contributed by atoms with Crippen molar-refractivity contribution in [1.82, 2.24) is 30.2 Å². The first-order valence-electron chi connectivity index (χ1n) is 13.1. The molecule has 0 bridgehead atoms. The number of carbonyl (C=O) groups excluding carboxylic acids is 2. The highest BCUT2D eigenvalue weighted by molar-refractivity contribution is 5.98. The van der Waals surface area contributed by atoms with Gasteiger partial charge in [-0.05, 0) is 25.5 Å². The van der Waals surface area contributed by atoms with Crippen molar-refractivity contribution < 1.29 is 33.7 Å². The van der Waals surface area contributed by atoms with Crippen LogP contribution in [-0.2, 0) is 23.8 Å². The molecule has 6 rings (SSSR count). The molecular formula is C27H27N7O7. The molecule has 1 aromatic carbocycles. The Hall–Kier alpha value is -4.82. The number of hydrogen-bond donors (Lipinski definition) is 4. The smallest absolute Gasteiger partial charge is 0.328 e. The van der Waals surface area contributed by atoms with Gasteiger partial charge < -0.3 is 24.6 Å². The van der Waals surface area contributed by atoms with E-state index in [4.69, 9.17) is 14.2 Å². The van der Waals surface area contributed by atoms with Crippen molar-refractivity contribution in [2.24, 2.45) is 5.92 Å². The van der Waals surface area contributed by atoms with E-state index in [2.05, 4.69) is 30.9 Å². The molecular weight excluding hydrogens is 534 g/mol. The van der Waals surface area contributed by atoms with Crippen LogP contribution in [0.25, 0.3) is 23.1 Å². The van der Waals surface area contributed by atoms with Crippen LogP contribution in [-0.4, -0.2) is 80.0 Å². The van der Waals surface area contributed by atoms with Gasteiger partial charge in [-0.2, -0.15) is 0 Å². The first-order valence-corrected chi connectivity index (χ1v) is 13.1. The average Bonchev–Trinajstić information content (AvgIpc) is 3.76. The molecule has 0 saturated carbocycles. The number of carboxylic acid groups (broad SMARTS) is 1. The van der Waals surface area contributed by atoms with Crippen molar-refractivity contribution >= 4 is 46.7 Å². The molecule has 2 unspecified atom stereocenters. The molecule has 2 aromatic heterocycles. The summed E-state index contributed by atoms with van der Waals surface area (Å²) in [5.41, 5.74) is -0.242. The fourth-order valence-corrected chi connectivity index (χ4v) is 5.35. The number of benzene rings is 1. The summed E-state index contributed by atoms with van der Waals surface area (Å²) in [6.45, 7) is 2.43. The summed E-state index contributed by atoms with van der Waals surface area (Å²) in [7, 11) is 0. The average molecular weight is 562 g/mol. The van der Waals surface area contributed by atoms with Crippen LogP contribution in [0.3, 0.4) is 0 Å². The largest absolute Gasteiger partial charge is 0.480 e. The van der Waals surface area contributed by atoms with E-state index in [1.165, 1.54) is 23.3 Å². The predicted molar refractivity (Wildman–Crippen MR) is 144 cm³/mol. The summed E-state index contributed by atoms with van der Waals surface area (Å²) < 4.78 is 19.1. The summed E-state index contributed by atoms with van der Waals surface area (Å²) in [6.07, 6.45) is 4.14. The molecule has 212 valence electrons. The third-order valence-corrected chi connectivity index (χ3v) is 7.28. The van der Waals surface area contributed by atoms with Crippen LogP contribution >= 0.6 is 0 Å². The molecule has 4 N–H and O–H groups in total. The van der Waals surface area contributed by atoms with Gasteiger partial charge in [-0.25, -0.2) is 29.1 Å². The van der Waals surface area contributed by atoms with Gasteiger partial charge in [0.1, 0.15) is 18.2 Å². The van der Waals surface area contributed by atoms with Gasteiger partial charge in [0.25, 0.3) is 0 Å². The molecule has 0 radical (unpaired) electrons. The predicted octanol–water partition coefficient (Wildman–Crippen LogP) is 1.58. The Bertz CT molecular complexity index is 1570. The van der Waals surface area contributed by atoms with Crippen LogP contribution in [0.15, 0.2) is 54.8 Å². The van der Waals surface area contributed by atoms with Gasteiger partial charge in [-0.1, -0.05) is 42.5 Å². The first kappa shape index (κ1) is 26.4. The van der Waals surface area contributed by atoms with Gasteiger partial charge >= 0.3 is 12.0 Å². The summed E-state index contributed by atoms with van der Waals surface area (Å²) in [4.78, 5) is 51.4. The van der Waals surface area contributed by atoms with Gasteiger partial charge in [0.05, 0.1) is 5.92 Å². The van der Waals surface area contributed by atoms with Gasteiger partial charge in [0, 0.05) is 6.54 Å². The summed E-state index contributed by atoms with van der Waals surface area (Å²) >= 11 is 0. The third kappa shape index (κ3) is 4.56. The Morgan fingerprint density at radius 1 is 1.22 bits per heavy atom. The Labute approximate surface area is 233 Å². The second kappa shape index (κ2) is 10.6. The summed E-state index contributed by atoms with van der Waals surface area (Å²) in [5, 5.41) is 18.6. The number of urea groups is 1. The number of nitrogens with one attached hydrogen (secondary N) is 3. The zero-order valence-corrected chi connectivity index (χ0v) is 21.9. The minimum atomic E-state index is -1.63. The zero-order chi connectivity index (χ0) is 28.6. The molecule has 41 heavy (non-hydrogen) atoms. The first-order chi connectivity index (χ1) is 19.9. The van der Waals surface area contributed by atoms with Crippen LogP contribution in [0.5, 0.6) is 0 Å². The number of aromatic nitrogens is 4. The maximum atomic E-state index is 14.0. The molecule has 2 amide bonds. The molecule has 2 saturated heterocycles. The molecule has 0 aliphatic carbocycles. The molecule has 3 aromatic rings. The van der Waals surface area contributed by atoms with Gasteiger partial charge in [0.2, 0.25) is 5.88 Å². The number of anilines is 1. The maximum Gasteiger partial charge on any atom is 0.328 e. The van der Waals surface area contributed by atoms with E-state index >= 15 is 0 Å². The van der Waals surface area contributed by atoms with Crippen LogP contribution in [0, 0.1) is 5.92 Å². The molecule has 14 nitrogen and oxygen atoms in total. The Morgan fingerprint density at radius 3 is 2.83 bits per heavy atom. The van der Waals surface area contributed by atoms with E-state index in [1.54, 1.807) is 13.0 Å². The Morgan fingerprint density at radius 2 is 2.05 bits per heavy atom. The number of rotatable bonds is 8. The maximum absolute atomic E-state index is 14.0. The summed E-state index contributed by atoms with van der Waals surface area (Å²) in [6, 6.07) is 8.80. The zero-order valence-electron chi connectivity index (χ0n) is 21.9. The number of Topliss-reactive ketones (excluding diaryl/α,β-unsaturated/α-hetero) is 1. The van der Waals surface area contributed by atoms with Crippen molar-refractivity contribution in [2.75, 3.05) is 25.2 Å². The highest BCUT2D eigenvalue weighted by Gasteiger charge is 2.57. The number of ether oxygens (including phenoxy) is 3. The second-order valence-electron chi connectivity index (χ2n) is 9.64. The number of nitrogens with zero attached hydrogens (tertiary/aromatic N) is 4. The Kier molecular flexibility index (Phi) is 6.85. The van der Waals surface area contributed by atoms with E-state index in [0.29, 0.717) is 25.2 Å². The lowest BCUT2D eigenvalue weighted by molar-refractivity contribution is -0.149. The van der Waals surface area contributed by atoms with E-state index in [-0.39, 0.29) is 29.8 Å². The van der Waals surface area contributed by atoms with Crippen LogP contribution < -0.4 is 16.0 Å². The number of ketones is 1. The van der Waals surface area contributed by atoms with Crippen molar-refractivity contribution in [2.45, 2.75) is 31.1 Å². The van der Waals surface area contributed by atoms with Crippen LogP contribution in [0.4, 0.5) is 10.6 Å². The lowest BCUT2D eigenvalue weighted by atomic mass is 9.79. The molecule has 2 fully saturated rings. The van der Waals surface area contributed by atoms with Crippen molar-refractivity contribution in [1.29, 1.82) is 0 Å². The number of fused-ring (bicyclic) bond motifs is 2. The molecule has 4 atom stereocenters. The fraction of sp³-hybridized carbons (Fsp3) is 0.333. The number of carbonyl (C=O) groups is 3. The van der Waals surface area contributed by atoms with E-state index in [9.17, 15) is 19.5 Å². The van der Waals surface area contributed by atoms with Crippen molar-refractivity contribution in [3.05, 3.63) is 60.4 Å². The van der Waals surface area contributed by atoms with Gasteiger partial charge in [-0.15, -0.1) is 0 Å². The van der Waals surface area contributed by atoms with Crippen molar-refractivity contribution in [3.63, 3.8) is 0 Å². The van der Waals surface area contributed by atoms with Gasteiger partial charge in [-0.3, -0.25) is 15.4 Å². The number of carboxylic acids is 1. The van der Waals surface area contributed by atoms with Crippen LogP contribution in [0.2, 0.25) is 0 Å². The number of amides is 2. The highest BCUT2D eigenvalue weighted by atomic mass is 16.7. The van der Waals surface area contributed by atoms with E-state index in [0.717, 1.165) is 5.56 Å². The topological polar surface area (TPSA) is 179 Å². The lowest BCUT2D eigenvalue weighted by Gasteiger charge is -2.29. The molecule has 3 aliphatic heterocycles. The quantitative estimate of drug-likeness (QED) is 0.314. The number of imidazole rings is 1. The van der Waals surface area contributed by atoms with Crippen LogP contribution in [0.1, 0.15) is 18.9 Å². The second-order valence-corrected chi connectivity index (χ2v) is 9.64. The third-order valence-electron chi connectivity index (χ3n) is 7.28. The summed E-state index contributed by atoms with van der Waals surface area (Å²) in [5.74, 6) is -1.95. The van der Waals surface area contributed by atoms with Crippen molar-refractivity contribution in [3.8, 4) is 0 Å².